The number of carbonyl (C=O) groups is 1. The number of aryl methyl sites for hydroxylation is 1. The summed E-state index contributed by atoms with van der Waals surface area (Å²) >= 11 is 3.25. The molecule has 0 aliphatic rings. The van der Waals surface area contributed by atoms with E-state index in [0.717, 1.165) is 4.47 Å². The number of nitrogens with one attached hydrogen (secondary N) is 1. The maximum Gasteiger partial charge on any atom is 0.339 e. The van der Waals surface area contributed by atoms with Gasteiger partial charge in [-0.25, -0.2) is 9.18 Å². The zero-order chi connectivity index (χ0) is 14.0. The van der Waals surface area contributed by atoms with Gasteiger partial charge in [0.15, 0.2) is 0 Å². The molecule has 0 unspecified atom stereocenters. The molecule has 0 atom stereocenters. The minimum absolute atomic E-state index is 0.117. The smallest absolute Gasteiger partial charge is 0.339 e. The Morgan fingerprint density at radius 1 is 1.47 bits per heavy atom. The van der Waals surface area contributed by atoms with Gasteiger partial charge in [-0.2, -0.15) is 0 Å². The summed E-state index contributed by atoms with van der Waals surface area (Å²) in [6.07, 6.45) is 0. The highest BCUT2D eigenvalue weighted by atomic mass is 79.9. The van der Waals surface area contributed by atoms with Crippen molar-refractivity contribution < 1.29 is 18.7 Å². The third-order valence-corrected chi connectivity index (χ3v) is 3.07. The zero-order valence-corrected chi connectivity index (χ0v) is 11.6. The van der Waals surface area contributed by atoms with Gasteiger partial charge in [-0.3, -0.25) is 0 Å². The van der Waals surface area contributed by atoms with E-state index in [1.54, 1.807) is 19.1 Å². The van der Waals surface area contributed by atoms with Crippen molar-refractivity contribution in [2.24, 2.45) is 0 Å². The van der Waals surface area contributed by atoms with Crippen molar-refractivity contribution in [2.75, 3.05) is 5.32 Å². The summed E-state index contributed by atoms with van der Waals surface area (Å²) in [6, 6.07) is 5.96. The number of carboxylic acid groups (broad SMARTS) is 1. The van der Waals surface area contributed by atoms with Gasteiger partial charge in [-0.15, -0.1) is 0 Å². The Bertz CT molecular complexity index is 624. The van der Waals surface area contributed by atoms with Gasteiger partial charge >= 0.3 is 5.97 Å². The molecule has 0 bridgehead atoms. The fraction of sp³-hybridized carbons (Fsp3) is 0.154. The average molecular weight is 328 g/mol. The molecule has 0 radical (unpaired) electrons. The van der Waals surface area contributed by atoms with Gasteiger partial charge in [0.2, 0.25) is 0 Å². The quantitative estimate of drug-likeness (QED) is 0.896. The zero-order valence-electron chi connectivity index (χ0n) is 10.0. The molecular formula is C13H11BrFNO3. The Kier molecular flexibility index (Phi) is 3.90. The number of benzene rings is 1. The topological polar surface area (TPSA) is 62.5 Å². The summed E-state index contributed by atoms with van der Waals surface area (Å²) in [7, 11) is 0. The maximum atomic E-state index is 13.5. The van der Waals surface area contributed by atoms with Crippen LogP contribution in [0.4, 0.5) is 10.1 Å². The number of carboxylic acids is 1. The second kappa shape index (κ2) is 5.44. The number of hydrogen-bond donors (Lipinski definition) is 2. The van der Waals surface area contributed by atoms with E-state index in [2.05, 4.69) is 21.2 Å². The van der Waals surface area contributed by atoms with Crippen LogP contribution in [0.25, 0.3) is 0 Å². The predicted octanol–water partition coefficient (Wildman–Crippen LogP) is 3.80. The number of aromatic carboxylic acids is 1. The summed E-state index contributed by atoms with van der Waals surface area (Å²) in [5.74, 6) is -0.653. The molecule has 2 N–H and O–H groups in total. The molecular weight excluding hydrogens is 317 g/mol. The van der Waals surface area contributed by atoms with Crippen molar-refractivity contribution in [3.05, 3.63) is 51.6 Å². The van der Waals surface area contributed by atoms with E-state index < -0.39 is 5.97 Å². The lowest BCUT2D eigenvalue weighted by Crippen LogP contribution is -2.00. The first kappa shape index (κ1) is 13.6. The van der Waals surface area contributed by atoms with Gasteiger partial charge in [0.25, 0.3) is 0 Å². The fourth-order valence-corrected chi connectivity index (χ4v) is 2.02. The molecule has 0 amide bonds. The number of furan rings is 1. The number of hydrogen-bond acceptors (Lipinski definition) is 3. The van der Waals surface area contributed by atoms with E-state index in [-0.39, 0.29) is 17.9 Å². The lowest BCUT2D eigenvalue weighted by molar-refractivity contribution is 0.0695. The van der Waals surface area contributed by atoms with Crippen LogP contribution >= 0.6 is 15.9 Å². The Morgan fingerprint density at radius 3 is 2.84 bits per heavy atom. The molecule has 100 valence electrons. The van der Waals surface area contributed by atoms with Crippen molar-refractivity contribution in [1.82, 2.24) is 0 Å². The molecule has 0 aliphatic carbocycles. The molecule has 6 heteroatoms. The van der Waals surface area contributed by atoms with Gasteiger partial charge in [0, 0.05) is 4.47 Å². The van der Waals surface area contributed by atoms with E-state index in [1.165, 1.54) is 12.1 Å². The lowest BCUT2D eigenvalue weighted by atomic mass is 10.2. The molecule has 1 aromatic carbocycles. The molecule has 19 heavy (non-hydrogen) atoms. The van der Waals surface area contributed by atoms with Crippen LogP contribution in [0.3, 0.4) is 0 Å². The van der Waals surface area contributed by atoms with Gasteiger partial charge in [-0.05, 0) is 31.2 Å². The van der Waals surface area contributed by atoms with E-state index in [9.17, 15) is 9.18 Å². The van der Waals surface area contributed by atoms with Crippen LogP contribution in [0.1, 0.15) is 21.9 Å². The summed E-state index contributed by atoms with van der Waals surface area (Å²) in [6.45, 7) is 1.79. The molecule has 0 spiro atoms. The highest BCUT2D eigenvalue weighted by Gasteiger charge is 2.13. The van der Waals surface area contributed by atoms with Crippen LogP contribution in [0, 0.1) is 12.7 Å². The van der Waals surface area contributed by atoms with Crippen molar-refractivity contribution in [2.45, 2.75) is 13.5 Å². The lowest BCUT2D eigenvalue weighted by Gasteiger charge is -2.06. The SMILES string of the molecule is Cc1oc(CNc2cc(Br)ccc2F)cc1C(=O)O. The summed E-state index contributed by atoms with van der Waals surface area (Å²) in [5, 5.41) is 11.8. The first-order chi connectivity index (χ1) is 8.97. The summed E-state index contributed by atoms with van der Waals surface area (Å²) < 4.78 is 19.5. The Morgan fingerprint density at radius 2 is 2.21 bits per heavy atom. The van der Waals surface area contributed by atoms with Gasteiger partial charge < -0.3 is 14.8 Å². The highest BCUT2D eigenvalue weighted by molar-refractivity contribution is 9.10. The first-order valence-corrected chi connectivity index (χ1v) is 6.28. The molecule has 0 fully saturated rings. The van der Waals surface area contributed by atoms with Crippen LogP contribution in [0.2, 0.25) is 0 Å². The van der Waals surface area contributed by atoms with Crippen molar-refractivity contribution >= 4 is 27.6 Å². The van der Waals surface area contributed by atoms with Crippen molar-refractivity contribution in [1.29, 1.82) is 0 Å². The van der Waals surface area contributed by atoms with Crippen LogP contribution in [0.15, 0.2) is 33.2 Å². The fourth-order valence-electron chi connectivity index (χ4n) is 1.66. The number of halogens is 2. The maximum absolute atomic E-state index is 13.5. The highest BCUT2D eigenvalue weighted by Crippen LogP contribution is 2.21. The van der Waals surface area contributed by atoms with E-state index in [1.807, 2.05) is 0 Å². The second-order valence-electron chi connectivity index (χ2n) is 3.97. The molecule has 4 nitrogen and oxygen atoms in total. The molecule has 0 saturated heterocycles. The Balaban J connectivity index is 2.12. The van der Waals surface area contributed by atoms with Crippen molar-refractivity contribution in [3.63, 3.8) is 0 Å². The largest absolute Gasteiger partial charge is 0.478 e. The minimum Gasteiger partial charge on any atom is -0.478 e. The van der Waals surface area contributed by atoms with Gasteiger partial charge in [0.1, 0.15) is 22.9 Å². The summed E-state index contributed by atoms with van der Waals surface area (Å²) in [4.78, 5) is 10.9. The summed E-state index contributed by atoms with van der Waals surface area (Å²) in [5.41, 5.74) is 0.437. The second-order valence-corrected chi connectivity index (χ2v) is 4.88. The van der Waals surface area contributed by atoms with Crippen LogP contribution in [-0.2, 0) is 6.54 Å². The minimum atomic E-state index is -1.04. The Labute approximate surface area is 117 Å². The standard InChI is InChI=1S/C13H11BrFNO3/c1-7-10(13(17)18)5-9(19-7)6-16-12-4-8(14)2-3-11(12)15/h2-5,16H,6H2,1H3,(H,17,18). The van der Waals surface area contributed by atoms with Crippen molar-refractivity contribution in [3.8, 4) is 0 Å². The molecule has 0 saturated carbocycles. The third-order valence-electron chi connectivity index (χ3n) is 2.58. The number of anilines is 1. The third kappa shape index (κ3) is 3.14. The molecule has 2 aromatic rings. The molecule has 1 heterocycles. The Hall–Kier alpha value is -1.82. The van der Waals surface area contributed by atoms with Crippen LogP contribution < -0.4 is 5.32 Å². The van der Waals surface area contributed by atoms with E-state index in [0.29, 0.717) is 17.2 Å². The van der Waals surface area contributed by atoms with Gasteiger partial charge in [0.05, 0.1) is 12.2 Å². The van der Waals surface area contributed by atoms with E-state index >= 15 is 0 Å². The van der Waals surface area contributed by atoms with Crippen LogP contribution in [0.5, 0.6) is 0 Å². The monoisotopic (exact) mass is 327 g/mol. The van der Waals surface area contributed by atoms with Crippen LogP contribution in [-0.4, -0.2) is 11.1 Å². The predicted molar refractivity (Wildman–Crippen MR) is 71.8 cm³/mol. The average Bonchev–Trinajstić information content (AvgIpc) is 2.72. The van der Waals surface area contributed by atoms with Gasteiger partial charge in [-0.1, -0.05) is 15.9 Å². The van der Waals surface area contributed by atoms with E-state index in [4.69, 9.17) is 9.52 Å². The molecule has 2 rings (SSSR count). The first-order valence-electron chi connectivity index (χ1n) is 5.49. The molecule has 1 aromatic heterocycles. The normalized spacial score (nSPS) is 10.5. The molecule has 0 aliphatic heterocycles. The number of rotatable bonds is 4.